The molecule has 2 rings (SSSR count). The molecular weight excluding hydrogens is 320 g/mol. The van der Waals surface area contributed by atoms with Crippen LogP contribution in [0.2, 0.25) is 0 Å². The van der Waals surface area contributed by atoms with Crippen LogP contribution >= 0.6 is 0 Å². The number of rotatable bonds is 7. The lowest BCUT2D eigenvalue weighted by atomic mass is 10.3. The Bertz CT molecular complexity index is 756. The predicted octanol–water partition coefficient (Wildman–Crippen LogP) is 1.35. The third kappa shape index (κ3) is 3.62. The maximum absolute atomic E-state index is 12.5. The molecule has 1 N–H and O–H groups in total. The monoisotopic (exact) mass is 340 g/mol. The van der Waals surface area contributed by atoms with Crippen LogP contribution in [0.3, 0.4) is 0 Å². The highest BCUT2D eigenvalue weighted by atomic mass is 32.2. The number of aromatic nitrogens is 3. The first-order valence-electron chi connectivity index (χ1n) is 7.06. The van der Waals surface area contributed by atoms with E-state index in [4.69, 9.17) is 9.47 Å². The van der Waals surface area contributed by atoms with Crippen molar-refractivity contribution in [2.24, 2.45) is 0 Å². The standard InChI is InChI=1S/C14H20N4O4S/c1-5-18-13(15-16-14(18)22-4)10(2)17-23(19,20)12-8-6-11(21-3)7-9-12/h6-10,17H,5H2,1-4H3/t10-/m1/s1. The first-order valence-corrected chi connectivity index (χ1v) is 8.54. The summed E-state index contributed by atoms with van der Waals surface area (Å²) >= 11 is 0. The number of sulfonamides is 1. The molecule has 0 aliphatic heterocycles. The molecule has 0 spiro atoms. The van der Waals surface area contributed by atoms with Gasteiger partial charge in [-0.05, 0) is 38.1 Å². The molecule has 0 amide bonds. The molecule has 23 heavy (non-hydrogen) atoms. The van der Waals surface area contributed by atoms with Gasteiger partial charge in [0.05, 0.1) is 25.2 Å². The molecule has 9 heteroatoms. The molecule has 0 saturated carbocycles. The van der Waals surface area contributed by atoms with Gasteiger partial charge in [0.2, 0.25) is 10.0 Å². The minimum absolute atomic E-state index is 0.152. The second-order valence-electron chi connectivity index (χ2n) is 4.81. The van der Waals surface area contributed by atoms with Gasteiger partial charge < -0.3 is 9.47 Å². The van der Waals surface area contributed by atoms with Gasteiger partial charge in [-0.1, -0.05) is 5.10 Å². The van der Waals surface area contributed by atoms with E-state index < -0.39 is 16.1 Å². The number of ether oxygens (including phenoxy) is 2. The molecular formula is C14H20N4O4S. The summed E-state index contributed by atoms with van der Waals surface area (Å²) in [5, 5.41) is 7.90. The van der Waals surface area contributed by atoms with Crippen LogP contribution in [0.1, 0.15) is 25.7 Å². The first-order chi connectivity index (χ1) is 10.9. The molecule has 0 fully saturated rings. The van der Waals surface area contributed by atoms with Gasteiger partial charge in [0.1, 0.15) is 5.75 Å². The van der Waals surface area contributed by atoms with Crippen LogP contribution < -0.4 is 14.2 Å². The summed E-state index contributed by atoms with van der Waals surface area (Å²) in [6.45, 7) is 4.18. The minimum atomic E-state index is -3.68. The molecule has 0 aliphatic carbocycles. The van der Waals surface area contributed by atoms with E-state index >= 15 is 0 Å². The Kier molecular flexibility index (Phi) is 5.22. The highest BCUT2D eigenvalue weighted by Crippen LogP contribution is 2.20. The number of hydrogen-bond donors (Lipinski definition) is 1. The normalized spacial score (nSPS) is 12.9. The van der Waals surface area contributed by atoms with Crippen molar-refractivity contribution in [1.82, 2.24) is 19.5 Å². The molecule has 0 unspecified atom stereocenters. The largest absolute Gasteiger partial charge is 0.497 e. The Morgan fingerprint density at radius 1 is 1.17 bits per heavy atom. The zero-order valence-electron chi connectivity index (χ0n) is 13.5. The fraction of sp³-hybridized carbons (Fsp3) is 0.429. The smallest absolute Gasteiger partial charge is 0.316 e. The molecule has 8 nitrogen and oxygen atoms in total. The lowest BCUT2D eigenvalue weighted by Crippen LogP contribution is -2.29. The average molecular weight is 340 g/mol. The van der Waals surface area contributed by atoms with E-state index in [-0.39, 0.29) is 4.90 Å². The highest BCUT2D eigenvalue weighted by Gasteiger charge is 2.23. The van der Waals surface area contributed by atoms with Gasteiger partial charge in [0.25, 0.3) is 0 Å². The molecule has 0 aliphatic rings. The second kappa shape index (κ2) is 6.97. The quantitative estimate of drug-likeness (QED) is 0.817. The maximum atomic E-state index is 12.5. The van der Waals surface area contributed by atoms with Crippen molar-refractivity contribution in [2.45, 2.75) is 31.3 Å². The third-order valence-electron chi connectivity index (χ3n) is 3.33. The number of hydrogen-bond acceptors (Lipinski definition) is 6. The minimum Gasteiger partial charge on any atom is -0.497 e. The SMILES string of the molecule is CCn1c(OC)nnc1[C@@H](C)NS(=O)(=O)c1ccc(OC)cc1. The molecule has 126 valence electrons. The number of nitrogens with one attached hydrogen (secondary N) is 1. The van der Waals surface area contributed by atoms with E-state index in [9.17, 15) is 8.42 Å². The van der Waals surface area contributed by atoms with Crippen molar-refractivity contribution in [1.29, 1.82) is 0 Å². The number of methoxy groups -OCH3 is 2. The summed E-state index contributed by atoms with van der Waals surface area (Å²) in [4.78, 5) is 0.152. The average Bonchev–Trinajstić information content (AvgIpc) is 2.97. The molecule has 0 saturated heterocycles. The zero-order chi connectivity index (χ0) is 17.0. The predicted molar refractivity (Wildman–Crippen MR) is 84.0 cm³/mol. The molecule has 0 radical (unpaired) electrons. The van der Waals surface area contributed by atoms with E-state index in [2.05, 4.69) is 14.9 Å². The van der Waals surface area contributed by atoms with Crippen LogP contribution in [-0.4, -0.2) is 37.4 Å². The van der Waals surface area contributed by atoms with Crippen molar-refractivity contribution < 1.29 is 17.9 Å². The van der Waals surface area contributed by atoms with Crippen molar-refractivity contribution in [3.63, 3.8) is 0 Å². The van der Waals surface area contributed by atoms with Crippen molar-refractivity contribution in [2.75, 3.05) is 14.2 Å². The lowest BCUT2D eigenvalue weighted by Gasteiger charge is -2.15. The van der Waals surface area contributed by atoms with Crippen LogP contribution in [0.4, 0.5) is 0 Å². The van der Waals surface area contributed by atoms with Gasteiger partial charge in [-0.3, -0.25) is 4.57 Å². The van der Waals surface area contributed by atoms with Crippen LogP contribution in [0.15, 0.2) is 29.2 Å². The van der Waals surface area contributed by atoms with E-state index in [0.29, 0.717) is 24.1 Å². The van der Waals surface area contributed by atoms with Crippen LogP contribution in [-0.2, 0) is 16.6 Å². The maximum Gasteiger partial charge on any atom is 0.316 e. The highest BCUT2D eigenvalue weighted by molar-refractivity contribution is 7.89. The van der Waals surface area contributed by atoms with E-state index in [1.807, 2.05) is 6.92 Å². The van der Waals surface area contributed by atoms with Crippen molar-refractivity contribution in [3.8, 4) is 11.8 Å². The molecule has 1 aromatic heterocycles. The Labute approximate surface area is 135 Å². The van der Waals surface area contributed by atoms with E-state index in [1.165, 1.54) is 26.4 Å². The van der Waals surface area contributed by atoms with Gasteiger partial charge in [0.15, 0.2) is 5.82 Å². The summed E-state index contributed by atoms with van der Waals surface area (Å²) in [5.74, 6) is 1.08. The lowest BCUT2D eigenvalue weighted by molar-refractivity contribution is 0.354. The number of benzene rings is 1. The van der Waals surface area contributed by atoms with Crippen LogP contribution in [0, 0.1) is 0 Å². The fourth-order valence-corrected chi connectivity index (χ4v) is 3.38. The summed E-state index contributed by atoms with van der Waals surface area (Å²) in [6, 6.07) is 5.95. The zero-order valence-corrected chi connectivity index (χ0v) is 14.3. The van der Waals surface area contributed by atoms with E-state index in [1.54, 1.807) is 23.6 Å². The molecule has 1 heterocycles. The number of nitrogens with zero attached hydrogens (tertiary/aromatic N) is 3. The van der Waals surface area contributed by atoms with Gasteiger partial charge in [0, 0.05) is 6.54 Å². The third-order valence-corrected chi connectivity index (χ3v) is 4.89. The van der Waals surface area contributed by atoms with E-state index in [0.717, 1.165) is 0 Å². The first kappa shape index (κ1) is 17.2. The Balaban J connectivity index is 2.24. The Hall–Kier alpha value is -2.13. The van der Waals surface area contributed by atoms with Crippen molar-refractivity contribution >= 4 is 10.0 Å². The fourth-order valence-electron chi connectivity index (χ4n) is 2.18. The van der Waals surface area contributed by atoms with Gasteiger partial charge in [-0.25, -0.2) is 13.1 Å². The van der Waals surface area contributed by atoms with Crippen LogP contribution in [0.5, 0.6) is 11.8 Å². The van der Waals surface area contributed by atoms with Gasteiger partial charge >= 0.3 is 6.01 Å². The molecule has 1 aromatic carbocycles. The van der Waals surface area contributed by atoms with Gasteiger partial charge in [-0.15, -0.1) is 5.10 Å². The molecule has 1 atom stereocenters. The Morgan fingerprint density at radius 3 is 2.35 bits per heavy atom. The van der Waals surface area contributed by atoms with Crippen LogP contribution in [0.25, 0.3) is 0 Å². The summed E-state index contributed by atoms with van der Waals surface area (Å²) in [7, 11) is -0.668. The van der Waals surface area contributed by atoms with Crippen molar-refractivity contribution in [3.05, 3.63) is 30.1 Å². The second-order valence-corrected chi connectivity index (χ2v) is 6.52. The summed E-state index contributed by atoms with van der Waals surface area (Å²) in [6.07, 6.45) is 0. The molecule has 0 bridgehead atoms. The molecule has 2 aromatic rings. The summed E-state index contributed by atoms with van der Waals surface area (Å²) in [5.41, 5.74) is 0. The summed E-state index contributed by atoms with van der Waals surface area (Å²) < 4.78 is 39.3. The topological polar surface area (TPSA) is 95.3 Å². The Morgan fingerprint density at radius 2 is 1.83 bits per heavy atom. The van der Waals surface area contributed by atoms with Gasteiger partial charge in [-0.2, -0.15) is 0 Å².